The van der Waals surface area contributed by atoms with Gasteiger partial charge in [-0.05, 0) is 136 Å². The summed E-state index contributed by atoms with van der Waals surface area (Å²) in [6.07, 6.45) is 9.70. The van der Waals surface area contributed by atoms with E-state index in [1.807, 2.05) is 103 Å². The Morgan fingerprint density at radius 1 is 0.473 bits per heavy atom. The van der Waals surface area contributed by atoms with E-state index in [9.17, 15) is 28.4 Å². The predicted molar refractivity (Wildman–Crippen MR) is 362 cm³/mol. The molecule has 4 heterocycles. The molecule has 2 fully saturated rings. The van der Waals surface area contributed by atoms with Crippen molar-refractivity contribution in [1.29, 1.82) is 0 Å². The van der Waals surface area contributed by atoms with Crippen LogP contribution in [0, 0.1) is 5.82 Å². The molecule has 0 aliphatic carbocycles. The number of halogens is 1. The van der Waals surface area contributed by atoms with Crippen molar-refractivity contribution in [1.82, 2.24) is 46.4 Å². The third kappa shape index (κ3) is 28.0. The van der Waals surface area contributed by atoms with Gasteiger partial charge in [-0.15, -0.1) is 22.7 Å². The van der Waals surface area contributed by atoms with E-state index in [1.165, 1.54) is 77.5 Å². The molecule has 0 spiro atoms. The van der Waals surface area contributed by atoms with Crippen molar-refractivity contribution in [3.63, 3.8) is 0 Å². The highest BCUT2D eigenvalue weighted by Gasteiger charge is 2.14. The molecule has 10 rings (SSSR count). The van der Waals surface area contributed by atoms with Crippen LogP contribution in [0.15, 0.2) is 180 Å². The Labute approximate surface area is 542 Å². The van der Waals surface area contributed by atoms with Crippen LogP contribution < -0.4 is 62.6 Å². The second kappa shape index (κ2) is 40.4. The van der Waals surface area contributed by atoms with Gasteiger partial charge in [-0.25, -0.2) is 38.3 Å². The summed E-state index contributed by atoms with van der Waals surface area (Å²) < 4.78 is 30.1. The van der Waals surface area contributed by atoms with Crippen molar-refractivity contribution in [2.24, 2.45) is 0 Å². The summed E-state index contributed by atoms with van der Waals surface area (Å²) in [4.78, 5) is 73.6. The molecule has 26 heteroatoms. The largest absolute Gasteiger partial charge is 0.457 e. The van der Waals surface area contributed by atoms with Crippen LogP contribution in [0.25, 0.3) is 0 Å². The van der Waals surface area contributed by atoms with E-state index >= 15 is 0 Å². The minimum absolute atomic E-state index is 0.0970. The number of para-hydroxylation sites is 2. The normalized spacial score (nSPS) is 12.4. The van der Waals surface area contributed by atoms with Crippen LogP contribution in [0.2, 0.25) is 0 Å². The Bertz CT molecular complexity index is 3250. The lowest BCUT2D eigenvalue weighted by Crippen LogP contribution is -2.37. The van der Waals surface area contributed by atoms with E-state index < -0.39 is 11.8 Å². The first-order chi connectivity index (χ1) is 44.3. The molecule has 0 bridgehead atoms. The molecule has 0 unspecified atom stereocenters. The lowest BCUT2D eigenvalue weighted by Gasteiger charge is -2.26. The van der Waals surface area contributed by atoms with Gasteiger partial charge in [0.1, 0.15) is 28.8 Å². The molecule has 2 aliphatic rings. The fourth-order valence-corrected chi connectivity index (χ4v) is 10.6. The van der Waals surface area contributed by atoms with Gasteiger partial charge in [-0.1, -0.05) is 72.8 Å². The topological polar surface area (TPSA) is 266 Å². The molecule has 91 heavy (non-hydrogen) atoms. The van der Waals surface area contributed by atoms with Gasteiger partial charge in [0.25, 0.3) is 0 Å². The number of rotatable bonds is 17. The number of piperidine rings is 1. The van der Waals surface area contributed by atoms with E-state index in [0.717, 1.165) is 80.0 Å². The molecule has 2 aromatic heterocycles. The van der Waals surface area contributed by atoms with Crippen LogP contribution in [0.4, 0.5) is 55.7 Å². The zero-order valence-electron chi connectivity index (χ0n) is 51.5. The minimum Gasteiger partial charge on any atom is -0.457 e. The average Bonchev–Trinajstić information content (AvgIpc) is 3.05. The molecule has 0 atom stereocenters. The van der Waals surface area contributed by atoms with E-state index in [2.05, 4.69) is 85.1 Å². The second-order valence-electron chi connectivity index (χ2n) is 19.6. The molecule has 6 aromatic carbocycles. The minimum atomic E-state index is -0.558. The Morgan fingerprint density at radius 2 is 0.868 bits per heavy atom. The number of ether oxygens (including phenoxy) is 3. The number of nitrogens with zero attached hydrogens (tertiary/aromatic N) is 4. The van der Waals surface area contributed by atoms with Crippen LogP contribution in [-0.2, 0) is 17.6 Å². The Hall–Kier alpha value is -9.31. The van der Waals surface area contributed by atoms with Crippen LogP contribution in [0.1, 0.15) is 29.0 Å². The summed E-state index contributed by atoms with van der Waals surface area (Å²) in [5.41, 5.74) is 1.60. The zero-order valence-corrected chi connectivity index (χ0v) is 54.0. The standard InChI is InChI=1S/C14H13FN2O2.C14H14N2O2.C14H14N2OS.C12H20N4OS.C11H18N4O2S/c1-16-14(18)17-13-8-7-11(9-12(13)15)19-10-5-3-2-4-6-10;2*1-15-14(17)16-11-7-9-13(10-8-11)18-12-5-3-2-4-6-12;1-13-11(17)15-12-14-9-10(18-12)5-8-16-6-3-2-4-7-16;1-12-10(16)14-11-13-8-9(18-11)2-3-15-4-6-17-7-5-15/h2-9H,1H3,(H2,16,17,18);2*2-10H,1H3,(H2,15,16,17);9H,2-8H2,1H3,(H2,13,14,15,17);8H,2-7H2,1H3,(H2,12,13,14,16). The molecule has 2 saturated heterocycles. The van der Waals surface area contributed by atoms with Crippen molar-refractivity contribution in [2.45, 2.75) is 41.9 Å². The van der Waals surface area contributed by atoms with Gasteiger partial charge in [0.2, 0.25) is 0 Å². The second-order valence-corrected chi connectivity index (χ2v) is 23.0. The molecule has 22 nitrogen and oxygen atoms in total. The highest BCUT2D eigenvalue weighted by molar-refractivity contribution is 7.99. The fourth-order valence-electron chi connectivity index (χ4n) is 8.14. The van der Waals surface area contributed by atoms with Crippen LogP contribution in [0.5, 0.6) is 23.0 Å². The number of thiazole rings is 2. The zero-order chi connectivity index (χ0) is 64.8. The molecule has 0 saturated carbocycles. The first-order valence-electron chi connectivity index (χ1n) is 29.3. The molecule has 0 radical (unpaired) electrons. The quantitative estimate of drug-likeness (QED) is 0.0407. The van der Waals surface area contributed by atoms with E-state index in [1.54, 1.807) is 93.8 Å². The maximum Gasteiger partial charge on any atom is 0.320 e. The third-order valence-corrected chi connectivity index (χ3v) is 15.9. The first kappa shape index (κ1) is 70.8. The monoisotopic (exact) mass is 1300 g/mol. The Balaban J connectivity index is 0.000000181. The number of anilines is 5. The van der Waals surface area contributed by atoms with Gasteiger partial charge in [-0.2, -0.15) is 0 Å². The van der Waals surface area contributed by atoms with Gasteiger partial charge in [-0.3, -0.25) is 15.5 Å². The molecular weight excluding hydrogens is 1220 g/mol. The lowest BCUT2D eigenvalue weighted by molar-refractivity contribution is 0.0385. The average molecular weight is 1300 g/mol. The van der Waals surface area contributed by atoms with Gasteiger partial charge >= 0.3 is 30.2 Å². The fraction of sp³-hybridized carbons (Fsp3) is 0.277. The van der Waals surface area contributed by atoms with Crippen LogP contribution in [-0.4, -0.2) is 138 Å². The summed E-state index contributed by atoms with van der Waals surface area (Å²) in [7, 11) is 7.81. The number of nitrogens with one attached hydrogen (secondary N) is 10. The first-order valence-corrected chi connectivity index (χ1v) is 31.8. The SMILES string of the molecule is CNC(=O)Nc1ccc(Oc2ccccc2)cc1.CNC(=O)Nc1ccc(Oc2ccccc2)cc1F.CNC(=O)Nc1ccc(Sc2ccccc2)cc1.CNC(=O)Nc1ncc(CCN2CCCCC2)s1.CNC(=O)Nc1ncc(CCN2CCOCC2)s1. The van der Waals surface area contributed by atoms with Crippen molar-refractivity contribution in [3.8, 4) is 23.0 Å². The highest BCUT2D eigenvalue weighted by atomic mass is 32.2. The Morgan fingerprint density at radius 3 is 1.34 bits per heavy atom. The summed E-state index contributed by atoms with van der Waals surface area (Å²) >= 11 is 4.77. The number of aromatic nitrogens is 2. The maximum atomic E-state index is 13.7. The summed E-state index contributed by atoms with van der Waals surface area (Å²) in [6, 6.07) is 46.6. The number of amides is 10. The number of benzene rings is 6. The smallest absolute Gasteiger partial charge is 0.320 e. The predicted octanol–water partition coefficient (Wildman–Crippen LogP) is 12.9. The summed E-state index contributed by atoms with van der Waals surface area (Å²) in [5.74, 6) is 1.94. The summed E-state index contributed by atoms with van der Waals surface area (Å²) in [5, 5.41) is 26.8. The van der Waals surface area contributed by atoms with Gasteiger partial charge < -0.3 is 61.6 Å². The highest BCUT2D eigenvalue weighted by Crippen LogP contribution is 2.29. The van der Waals surface area contributed by atoms with Crippen LogP contribution in [0.3, 0.4) is 0 Å². The van der Waals surface area contributed by atoms with Crippen LogP contribution >= 0.6 is 34.4 Å². The molecule has 10 N–H and O–H groups in total. The summed E-state index contributed by atoms with van der Waals surface area (Å²) in [6.45, 7) is 8.22. The van der Waals surface area contributed by atoms with E-state index in [-0.39, 0.29) is 29.8 Å². The van der Waals surface area contributed by atoms with Gasteiger partial charge in [0.15, 0.2) is 10.3 Å². The molecule has 8 aromatic rings. The number of hydrogen-bond donors (Lipinski definition) is 10. The van der Waals surface area contributed by atoms with Gasteiger partial charge in [0, 0.05) is 111 Å². The van der Waals surface area contributed by atoms with Gasteiger partial charge in [0.05, 0.1) is 18.9 Å². The molecular formula is C65H79FN14O8S3. The number of carbonyl (C=O) groups excluding carboxylic acids is 5. The van der Waals surface area contributed by atoms with Crippen molar-refractivity contribution in [3.05, 3.63) is 186 Å². The van der Waals surface area contributed by atoms with E-state index in [0.29, 0.717) is 21.8 Å². The number of urea groups is 5. The molecule has 2 aliphatic heterocycles. The van der Waals surface area contributed by atoms with Crippen molar-refractivity contribution >= 4 is 91.9 Å². The molecule has 10 amide bonds. The number of hydrogen-bond acceptors (Lipinski definition) is 15. The third-order valence-electron chi connectivity index (χ3n) is 12.9. The van der Waals surface area contributed by atoms with Crippen molar-refractivity contribution in [2.75, 3.05) is 114 Å². The van der Waals surface area contributed by atoms with Crippen molar-refractivity contribution < 1.29 is 42.6 Å². The molecule has 482 valence electrons. The number of carbonyl (C=O) groups is 5. The Kier molecular flexibility index (Phi) is 31.4. The number of likely N-dealkylation sites (tertiary alicyclic amines) is 1. The lowest BCUT2D eigenvalue weighted by atomic mass is 10.1. The number of morpholine rings is 1. The van der Waals surface area contributed by atoms with E-state index in [4.69, 9.17) is 14.2 Å². The maximum absolute atomic E-state index is 13.7.